The molecule has 11 heteroatoms. The van der Waals surface area contributed by atoms with Crippen LogP contribution in [0.3, 0.4) is 0 Å². The van der Waals surface area contributed by atoms with E-state index in [9.17, 15) is 18.0 Å². The van der Waals surface area contributed by atoms with Gasteiger partial charge in [-0.2, -0.15) is 4.31 Å². The van der Waals surface area contributed by atoms with Gasteiger partial charge >= 0.3 is 0 Å². The third kappa shape index (κ3) is 4.89. The number of nitrogens with one attached hydrogen (secondary N) is 1. The summed E-state index contributed by atoms with van der Waals surface area (Å²) in [5.74, 6) is 1.15. The molecule has 10 nitrogen and oxygen atoms in total. The van der Waals surface area contributed by atoms with E-state index in [1.807, 2.05) is 13.0 Å². The summed E-state index contributed by atoms with van der Waals surface area (Å²) >= 11 is 0. The lowest BCUT2D eigenvalue weighted by molar-refractivity contribution is -0.117. The molecule has 1 N–H and O–H groups in total. The third-order valence-electron chi connectivity index (χ3n) is 6.73. The second-order valence-corrected chi connectivity index (χ2v) is 11.5. The highest BCUT2D eigenvalue weighted by Crippen LogP contribution is 2.32. The summed E-state index contributed by atoms with van der Waals surface area (Å²) in [4.78, 5) is 31.5. The summed E-state index contributed by atoms with van der Waals surface area (Å²) in [5, 5.41) is 3.34. The molecular formula is C24H29N5O5S. The Bertz CT molecular complexity index is 1460. The van der Waals surface area contributed by atoms with Crippen LogP contribution in [0.1, 0.15) is 25.5 Å². The van der Waals surface area contributed by atoms with Gasteiger partial charge in [-0.3, -0.25) is 14.5 Å². The van der Waals surface area contributed by atoms with Crippen molar-refractivity contribution in [1.29, 1.82) is 0 Å². The fraction of sp³-hybridized carbons (Fsp3) is 0.458. The monoisotopic (exact) mass is 499 g/mol. The van der Waals surface area contributed by atoms with Crippen molar-refractivity contribution in [3.05, 3.63) is 46.7 Å². The average Bonchev–Trinajstić information content (AvgIpc) is 3.57. The van der Waals surface area contributed by atoms with Crippen molar-refractivity contribution in [1.82, 2.24) is 18.8 Å². The second kappa shape index (κ2) is 8.89. The summed E-state index contributed by atoms with van der Waals surface area (Å²) in [6, 6.07) is 5.38. The number of aryl methyl sites for hydroxylation is 1. The van der Waals surface area contributed by atoms with Gasteiger partial charge in [-0.1, -0.05) is 0 Å². The van der Waals surface area contributed by atoms with Crippen LogP contribution in [0.5, 0.6) is 0 Å². The van der Waals surface area contributed by atoms with E-state index in [1.165, 1.54) is 15.1 Å². The standard InChI is InChI=1S/C24H29N5O5S/c1-15-12-29(35(3,32)33)9-8-28(15)13-18-11-19-22(34-18)20(14-27(2)24(19)31)17-6-7-25-21(10-17)26-23(30)16-4-5-16/h6-7,10-11,14-16H,4-5,8-9,12-13H2,1-3H3,(H,25,26,30). The SMILES string of the molecule is CC1CN(S(C)(=O)=O)CCN1Cc1cc2c(=O)n(C)cc(-c3ccnc(NC(=O)C4CC4)c3)c2o1. The lowest BCUT2D eigenvalue weighted by Gasteiger charge is -2.38. The maximum Gasteiger partial charge on any atom is 0.261 e. The van der Waals surface area contributed by atoms with Gasteiger partial charge in [-0.15, -0.1) is 0 Å². The van der Waals surface area contributed by atoms with Crippen LogP contribution < -0.4 is 10.9 Å². The molecule has 1 unspecified atom stereocenters. The van der Waals surface area contributed by atoms with Crippen LogP contribution >= 0.6 is 0 Å². The Labute approximate surface area is 203 Å². The Morgan fingerprint density at radius 1 is 1.26 bits per heavy atom. The first-order valence-electron chi connectivity index (χ1n) is 11.7. The van der Waals surface area contributed by atoms with Crippen LogP contribution in [-0.4, -0.2) is 65.0 Å². The summed E-state index contributed by atoms with van der Waals surface area (Å²) in [7, 11) is -1.53. The number of pyridine rings is 2. The lowest BCUT2D eigenvalue weighted by Crippen LogP contribution is -2.52. The molecule has 4 heterocycles. The van der Waals surface area contributed by atoms with Crippen molar-refractivity contribution in [2.24, 2.45) is 13.0 Å². The molecule has 0 spiro atoms. The van der Waals surface area contributed by atoms with E-state index in [0.29, 0.717) is 48.7 Å². The van der Waals surface area contributed by atoms with Crippen molar-refractivity contribution < 1.29 is 17.6 Å². The molecule has 2 aliphatic rings. The molecule has 2 fully saturated rings. The van der Waals surface area contributed by atoms with Gasteiger partial charge in [-0.05, 0) is 43.5 Å². The highest BCUT2D eigenvalue weighted by molar-refractivity contribution is 7.88. The minimum Gasteiger partial charge on any atom is -0.459 e. The Kier molecular flexibility index (Phi) is 6.02. The number of nitrogens with zero attached hydrogens (tertiary/aromatic N) is 4. The molecule has 1 saturated heterocycles. The van der Waals surface area contributed by atoms with Gasteiger partial charge in [0.05, 0.1) is 18.2 Å². The van der Waals surface area contributed by atoms with Crippen LogP contribution in [0.15, 0.2) is 39.8 Å². The molecule has 0 bridgehead atoms. The molecular weight excluding hydrogens is 470 g/mol. The third-order valence-corrected chi connectivity index (χ3v) is 8.00. The van der Waals surface area contributed by atoms with Crippen molar-refractivity contribution in [3.63, 3.8) is 0 Å². The first-order chi connectivity index (χ1) is 16.6. The summed E-state index contributed by atoms with van der Waals surface area (Å²) in [5.41, 5.74) is 1.83. The van der Waals surface area contributed by atoms with Crippen LogP contribution in [-0.2, 0) is 28.4 Å². The number of fused-ring (bicyclic) bond motifs is 1. The van der Waals surface area contributed by atoms with Gasteiger partial charge in [0.2, 0.25) is 15.9 Å². The van der Waals surface area contributed by atoms with E-state index in [4.69, 9.17) is 4.42 Å². The molecule has 1 saturated carbocycles. The Morgan fingerprint density at radius 2 is 2.03 bits per heavy atom. The van der Waals surface area contributed by atoms with E-state index >= 15 is 0 Å². The highest BCUT2D eigenvalue weighted by atomic mass is 32.2. The van der Waals surface area contributed by atoms with Crippen molar-refractivity contribution in [2.45, 2.75) is 32.4 Å². The van der Waals surface area contributed by atoms with E-state index in [0.717, 1.165) is 24.0 Å². The number of hydrogen-bond acceptors (Lipinski definition) is 7. The smallest absolute Gasteiger partial charge is 0.261 e. The highest BCUT2D eigenvalue weighted by Gasteiger charge is 2.31. The summed E-state index contributed by atoms with van der Waals surface area (Å²) in [6.45, 7) is 3.86. The maximum atomic E-state index is 12.9. The number of anilines is 1. The zero-order valence-electron chi connectivity index (χ0n) is 20.0. The average molecular weight is 500 g/mol. The zero-order chi connectivity index (χ0) is 24.9. The van der Waals surface area contributed by atoms with Gasteiger partial charge in [0.15, 0.2) is 0 Å². The topological polar surface area (TPSA) is 118 Å². The fourth-order valence-electron chi connectivity index (χ4n) is 4.52. The summed E-state index contributed by atoms with van der Waals surface area (Å²) < 4.78 is 33.0. The molecule has 3 aromatic rings. The molecule has 1 atom stereocenters. The first-order valence-corrected chi connectivity index (χ1v) is 13.5. The Morgan fingerprint density at radius 3 is 2.71 bits per heavy atom. The number of piperazine rings is 1. The van der Waals surface area contributed by atoms with Crippen molar-refractivity contribution >= 4 is 32.7 Å². The number of carbonyl (C=O) groups is 1. The fourth-order valence-corrected chi connectivity index (χ4v) is 5.42. The largest absolute Gasteiger partial charge is 0.459 e. The Hall–Kier alpha value is -3.02. The number of amides is 1. The van der Waals surface area contributed by atoms with Gasteiger partial charge in [-0.25, -0.2) is 13.4 Å². The number of carbonyl (C=O) groups excluding carboxylic acids is 1. The molecule has 35 heavy (non-hydrogen) atoms. The zero-order valence-corrected chi connectivity index (χ0v) is 20.8. The summed E-state index contributed by atoms with van der Waals surface area (Å²) in [6.07, 6.45) is 6.40. The van der Waals surface area contributed by atoms with E-state index in [1.54, 1.807) is 31.6 Å². The quantitative estimate of drug-likeness (QED) is 0.551. The van der Waals surface area contributed by atoms with Crippen LogP contribution in [0.4, 0.5) is 5.82 Å². The number of sulfonamides is 1. The number of rotatable bonds is 6. The predicted octanol–water partition coefficient (Wildman–Crippen LogP) is 2.01. The second-order valence-electron chi connectivity index (χ2n) is 9.55. The normalized spacial score (nSPS) is 19.8. The van der Waals surface area contributed by atoms with Crippen LogP contribution in [0, 0.1) is 5.92 Å². The number of furan rings is 1. The van der Waals surface area contributed by atoms with Crippen molar-refractivity contribution in [3.8, 4) is 11.1 Å². The van der Waals surface area contributed by atoms with Gasteiger partial charge in [0, 0.05) is 56.6 Å². The van der Waals surface area contributed by atoms with Crippen LogP contribution in [0.2, 0.25) is 0 Å². The van der Waals surface area contributed by atoms with E-state index in [2.05, 4.69) is 15.2 Å². The minimum atomic E-state index is -3.23. The van der Waals surface area contributed by atoms with Gasteiger partial charge < -0.3 is 14.3 Å². The Balaban J connectivity index is 1.44. The van der Waals surface area contributed by atoms with Crippen molar-refractivity contribution in [2.75, 3.05) is 31.2 Å². The first kappa shape index (κ1) is 23.7. The maximum absolute atomic E-state index is 12.9. The molecule has 5 rings (SSSR count). The van der Waals surface area contributed by atoms with E-state index in [-0.39, 0.29) is 23.4 Å². The van der Waals surface area contributed by atoms with Gasteiger partial charge in [0.1, 0.15) is 17.2 Å². The minimum absolute atomic E-state index is 0.00632. The number of aromatic nitrogens is 2. The van der Waals surface area contributed by atoms with Crippen LogP contribution in [0.25, 0.3) is 22.1 Å². The molecule has 0 radical (unpaired) electrons. The molecule has 186 valence electrons. The molecule has 1 aliphatic heterocycles. The molecule has 1 amide bonds. The molecule has 1 aliphatic carbocycles. The number of hydrogen-bond donors (Lipinski definition) is 1. The molecule has 3 aromatic heterocycles. The van der Waals surface area contributed by atoms with E-state index < -0.39 is 10.0 Å². The predicted molar refractivity (Wildman–Crippen MR) is 132 cm³/mol. The van der Waals surface area contributed by atoms with Gasteiger partial charge in [0.25, 0.3) is 5.56 Å². The lowest BCUT2D eigenvalue weighted by atomic mass is 10.1. The molecule has 0 aromatic carbocycles.